The lowest BCUT2D eigenvalue weighted by Crippen LogP contribution is -2.48. The summed E-state index contributed by atoms with van der Waals surface area (Å²) < 4.78 is 11.0. The van der Waals surface area contributed by atoms with Crippen molar-refractivity contribution in [3.63, 3.8) is 0 Å². The maximum atomic E-state index is 12.0. The van der Waals surface area contributed by atoms with E-state index in [1.54, 1.807) is 0 Å². The first-order valence-electron chi connectivity index (χ1n) is 7.12. The smallest absolute Gasteiger partial charge is 0.222 e. The highest BCUT2D eigenvalue weighted by atomic mass is 35.5. The van der Waals surface area contributed by atoms with Crippen molar-refractivity contribution < 1.29 is 14.3 Å². The summed E-state index contributed by atoms with van der Waals surface area (Å²) in [4.78, 5) is 12.0. The Morgan fingerprint density at radius 2 is 2.19 bits per heavy atom. The van der Waals surface area contributed by atoms with E-state index in [1.807, 2.05) is 24.3 Å². The molecule has 2 unspecified atom stereocenters. The summed E-state index contributed by atoms with van der Waals surface area (Å²) in [6, 6.07) is 8.16. The number of carbonyl (C=O) groups is 1. The molecule has 2 atom stereocenters. The van der Waals surface area contributed by atoms with E-state index < -0.39 is 0 Å². The molecular weight excluding hydrogens is 292 g/mol. The summed E-state index contributed by atoms with van der Waals surface area (Å²) >= 11 is 0. The summed E-state index contributed by atoms with van der Waals surface area (Å²) in [5.74, 6) is 0.987. The molecule has 2 aliphatic rings. The first kappa shape index (κ1) is 16.1. The minimum Gasteiger partial charge on any atom is -0.491 e. The third-order valence-corrected chi connectivity index (χ3v) is 3.67. The second-order valence-corrected chi connectivity index (χ2v) is 5.32. The summed E-state index contributed by atoms with van der Waals surface area (Å²) in [7, 11) is 0. The van der Waals surface area contributed by atoms with E-state index in [0.717, 1.165) is 30.9 Å². The first-order chi connectivity index (χ1) is 9.81. The predicted octanol–water partition coefficient (Wildman–Crippen LogP) is 0.907. The number of amides is 1. The molecule has 0 bridgehead atoms. The van der Waals surface area contributed by atoms with Crippen molar-refractivity contribution in [1.82, 2.24) is 10.6 Å². The lowest BCUT2D eigenvalue weighted by molar-refractivity contribution is -0.123. The summed E-state index contributed by atoms with van der Waals surface area (Å²) in [6.07, 6.45) is 1.29. The molecule has 0 aromatic heterocycles. The summed E-state index contributed by atoms with van der Waals surface area (Å²) in [5.41, 5.74) is 1.16. The zero-order valence-corrected chi connectivity index (χ0v) is 12.7. The molecule has 21 heavy (non-hydrogen) atoms. The van der Waals surface area contributed by atoms with E-state index in [1.165, 1.54) is 0 Å². The van der Waals surface area contributed by atoms with Gasteiger partial charge in [-0.25, -0.2) is 0 Å². The van der Waals surface area contributed by atoms with Gasteiger partial charge in [0.2, 0.25) is 5.91 Å². The Morgan fingerprint density at radius 3 is 3.00 bits per heavy atom. The summed E-state index contributed by atoms with van der Waals surface area (Å²) in [5, 5.41) is 6.33. The van der Waals surface area contributed by atoms with Crippen LogP contribution in [-0.4, -0.2) is 44.4 Å². The van der Waals surface area contributed by atoms with Gasteiger partial charge in [-0.2, -0.15) is 0 Å². The maximum Gasteiger partial charge on any atom is 0.222 e. The Hall–Kier alpha value is -1.30. The number of benzene rings is 1. The second-order valence-electron chi connectivity index (χ2n) is 5.32. The second kappa shape index (κ2) is 7.64. The number of carbonyl (C=O) groups excluding carboxylic acids is 1. The largest absolute Gasteiger partial charge is 0.491 e. The molecule has 0 spiro atoms. The lowest BCUT2D eigenvalue weighted by Gasteiger charge is -2.27. The number of hydrogen-bond donors (Lipinski definition) is 2. The zero-order chi connectivity index (χ0) is 13.8. The van der Waals surface area contributed by atoms with Crippen LogP contribution in [0.15, 0.2) is 24.3 Å². The van der Waals surface area contributed by atoms with E-state index in [-0.39, 0.29) is 30.4 Å². The third-order valence-electron chi connectivity index (χ3n) is 3.67. The molecule has 2 aliphatic heterocycles. The first-order valence-corrected chi connectivity index (χ1v) is 7.12. The van der Waals surface area contributed by atoms with Crippen LogP contribution in [0, 0.1) is 0 Å². The fraction of sp³-hybridized carbons (Fsp3) is 0.533. The van der Waals surface area contributed by atoms with Crippen LogP contribution in [0.5, 0.6) is 5.75 Å². The highest BCUT2D eigenvalue weighted by Crippen LogP contribution is 2.23. The monoisotopic (exact) mass is 312 g/mol. The van der Waals surface area contributed by atoms with Crippen molar-refractivity contribution in [2.45, 2.75) is 24.9 Å². The molecule has 116 valence electrons. The van der Waals surface area contributed by atoms with Gasteiger partial charge < -0.3 is 20.1 Å². The molecule has 1 aromatic carbocycles. The molecule has 1 fully saturated rings. The highest BCUT2D eigenvalue weighted by Gasteiger charge is 2.23. The predicted molar refractivity (Wildman–Crippen MR) is 82.0 cm³/mol. The van der Waals surface area contributed by atoms with Crippen molar-refractivity contribution in [3.05, 3.63) is 29.8 Å². The van der Waals surface area contributed by atoms with Gasteiger partial charge in [0.1, 0.15) is 12.4 Å². The quantitative estimate of drug-likeness (QED) is 0.871. The lowest BCUT2D eigenvalue weighted by atomic mass is 10.0. The Kier molecular flexibility index (Phi) is 5.85. The van der Waals surface area contributed by atoms with Crippen LogP contribution in [0.2, 0.25) is 0 Å². The van der Waals surface area contributed by atoms with E-state index in [2.05, 4.69) is 10.6 Å². The molecule has 2 N–H and O–H groups in total. The van der Waals surface area contributed by atoms with Gasteiger partial charge in [0.05, 0.1) is 19.3 Å². The molecule has 1 aromatic rings. The van der Waals surface area contributed by atoms with Crippen molar-refractivity contribution in [3.8, 4) is 5.75 Å². The maximum absolute atomic E-state index is 12.0. The van der Waals surface area contributed by atoms with Gasteiger partial charge >= 0.3 is 0 Å². The van der Waals surface area contributed by atoms with Crippen LogP contribution in [0.4, 0.5) is 0 Å². The topological polar surface area (TPSA) is 59.6 Å². The number of morpholine rings is 1. The molecule has 1 amide bonds. The number of rotatable bonds is 3. The number of fused-ring (bicyclic) bond motifs is 1. The molecule has 5 nitrogen and oxygen atoms in total. The number of nitrogens with one attached hydrogen (secondary N) is 2. The zero-order valence-electron chi connectivity index (χ0n) is 11.8. The highest BCUT2D eigenvalue weighted by molar-refractivity contribution is 5.85. The third kappa shape index (κ3) is 4.33. The summed E-state index contributed by atoms with van der Waals surface area (Å²) in [6.45, 7) is 2.69. The van der Waals surface area contributed by atoms with Crippen molar-refractivity contribution >= 4 is 18.3 Å². The van der Waals surface area contributed by atoms with Gasteiger partial charge in [0.25, 0.3) is 0 Å². The molecule has 1 saturated heterocycles. The fourth-order valence-electron chi connectivity index (χ4n) is 2.68. The van der Waals surface area contributed by atoms with Crippen LogP contribution < -0.4 is 15.4 Å². The number of para-hydroxylation sites is 1. The minimum atomic E-state index is 0. The van der Waals surface area contributed by atoms with Gasteiger partial charge in [0, 0.05) is 19.0 Å². The van der Waals surface area contributed by atoms with E-state index in [9.17, 15) is 4.79 Å². The van der Waals surface area contributed by atoms with Crippen LogP contribution >= 0.6 is 12.4 Å². The van der Waals surface area contributed by atoms with E-state index in [4.69, 9.17) is 9.47 Å². The van der Waals surface area contributed by atoms with Gasteiger partial charge in [-0.1, -0.05) is 18.2 Å². The van der Waals surface area contributed by atoms with Gasteiger partial charge in [-0.05, 0) is 18.1 Å². The molecular formula is C15H21ClN2O3. The molecule has 0 aliphatic carbocycles. The molecule has 3 rings (SSSR count). The Morgan fingerprint density at radius 1 is 1.33 bits per heavy atom. The van der Waals surface area contributed by atoms with Crippen LogP contribution in [-0.2, 0) is 16.0 Å². The molecule has 0 saturated carbocycles. The van der Waals surface area contributed by atoms with Crippen molar-refractivity contribution in [1.29, 1.82) is 0 Å². The van der Waals surface area contributed by atoms with E-state index >= 15 is 0 Å². The molecule has 2 heterocycles. The Labute approximate surface area is 130 Å². The standard InChI is InChI=1S/C15H20N2O3.ClH/c18-15(8-12-9-19-6-5-16-12)17-13-7-11-3-1-2-4-14(11)20-10-13;/h1-4,12-13,16H,5-10H2,(H,17,18);1H. The van der Waals surface area contributed by atoms with E-state index in [0.29, 0.717) is 19.6 Å². The van der Waals surface area contributed by atoms with Gasteiger partial charge in [-0.15, -0.1) is 12.4 Å². The van der Waals surface area contributed by atoms with Gasteiger partial charge in [0.15, 0.2) is 0 Å². The number of ether oxygens (including phenoxy) is 2. The fourth-order valence-corrected chi connectivity index (χ4v) is 2.68. The van der Waals surface area contributed by atoms with Crippen molar-refractivity contribution in [2.24, 2.45) is 0 Å². The van der Waals surface area contributed by atoms with Crippen LogP contribution in [0.3, 0.4) is 0 Å². The Bertz CT molecular complexity index is 478. The Balaban J connectivity index is 0.00000161. The number of hydrogen-bond acceptors (Lipinski definition) is 4. The molecule has 0 radical (unpaired) electrons. The van der Waals surface area contributed by atoms with Crippen LogP contribution in [0.1, 0.15) is 12.0 Å². The average molecular weight is 313 g/mol. The average Bonchev–Trinajstić information content (AvgIpc) is 2.48. The molecule has 6 heteroatoms. The normalized spacial score (nSPS) is 24.2. The van der Waals surface area contributed by atoms with Gasteiger partial charge in [-0.3, -0.25) is 4.79 Å². The van der Waals surface area contributed by atoms with Crippen LogP contribution in [0.25, 0.3) is 0 Å². The van der Waals surface area contributed by atoms with Crippen molar-refractivity contribution in [2.75, 3.05) is 26.4 Å². The SMILES string of the molecule is Cl.O=C(CC1COCCN1)NC1COc2ccccc2C1. The minimum absolute atomic E-state index is 0. The number of halogens is 1.